The van der Waals surface area contributed by atoms with Crippen LogP contribution in [0.1, 0.15) is 40.0 Å². The predicted molar refractivity (Wildman–Crippen MR) is 59.8 cm³/mol. The first-order chi connectivity index (χ1) is 7.06. The van der Waals surface area contributed by atoms with Gasteiger partial charge >= 0.3 is 0 Å². The Kier molecular flexibility index (Phi) is 3.33. The molecule has 0 saturated carbocycles. The first-order valence-electron chi connectivity index (χ1n) is 6.07. The van der Waals surface area contributed by atoms with Gasteiger partial charge in [-0.05, 0) is 40.0 Å². The van der Waals surface area contributed by atoms with Gasteiger partial charge in [-0.15, -0.1) is 0 Å². The van der Waals surface area contributed by atoms with E-state index in [0.29, 0.717) is 12.3 Å². The molecule has 2 heterocycles. The summed E-state index contributed by atoms with van der Waals surface area (Å²) in [6.45, 7) is 9.32. The van der Waals surface area contributed by atoms with Crippen LogP contribution in [0.2, 0.25) is 0 Å². The summed E-state index contributed by atoms with van der Waals surface area (Å²) in [5, 5.41) is 0. The van der Waals surface area contributed by atoms with Crippen LogP contribution in [-0.4, -0.2) is 42.5 Å². The molecule has 3 heteroatoms. The standard InChI is InChI=1S/C12H23NO2/c1-12(2,3)15-9-10-5-6-11-13(10)7-4-8-14-11/h10-11H,4-9H2,1-3H3/t10-,11+/m0/s1. The quantitative estimate of drug-likeness (QED) is 0.700. The van der Waals surface area contributed by atoms with Crippen molar-refractivity contribution < 1.29 is 9.47 Å². The van der Waals surface area contributed by atoms with Crippen LogP contribution in [0, 0.1) is 0 Å². The Morgan fingerprint density at radius 3 is 2.87 bits per heavy atom. The molecule has 2 rings (SSSR count). The summed E-state index contributed by atoms with van der Waals surface area (Å²) in [6.07, 6.45) is 3.95. The molecule has 0 aliphatic carbocycles. The summed E-state index contributed by atoms with van der Waals surface area (Å²) in [4.78, 5) is 2.48. The summed E-state index contributed by atoms with van der Waals surface area (Å²) in [5.41, 5.74) is -0.0191. The minimum atomic E-state index is -0.0191. The third-order valence-electron chi connectivity index (χ3n) is 3.17. The lowest BCUT2D eigenvalue weighted by atomic mass is 10.2. The first-order valence-corrected chi connectivity index (χ1v) is 6.07. The van der Waals surface area contributed by atoms with Gasteiger partial charge in [-0.3, -0.25) is 4.90 Å². The zero-order chi connectivity index (χ0) is 10.9. The number of ether oxygens (including phenoxy) is 2. The van der Waals surface area contributed by atoms with Crippen molar-refractivity contribution in [3.63, 3.8) is 0 Å². The highest BCUT2D eigenvalue weighted by molar-refractivity contribution is 4.85. The highest BCUT2D eigenvalue weighted by Crippen LogP contribution is 2.28. The van der Waals surface area contributed by atoms with Crippen LogP contribution in [-0.2, 0) is 9.47 Å². The maximum atomic E-state index is 5.87. The van der Waals surface area contributed by atoms with E-state index in [1.54, 1.807) is 0 Å². The molecule has 0 N–H and O–H groups in total. The van der Waals surface area contributed by atoms with Gasteiger partial charge < -0.3 is 9.47 Å². The number of hydrogen-bond donors (Lipinski definition) is 0. The van der Waals surface area contributed by atoms with Crippen LogP contribution in [0.15, 0.2) is 0 Å². The minimum absolute atomic E-state index is 0.0191. The molecule has 88 valence electrons. The molecule has 0 aromatic rings. The highest BCUT2D eigenvalue weighted by atomic mass is 16.5. The molecule has 2 atom stereocenters. The molecule has 0 bridgehead atoms. The van der Waals surface area contributed by atoms with Gasteiger partial charge in [0.15, 0.2) is 0 Å². The van der Waals surface area contributed by atoms with Crippen LogP contribution < -0.4 is 0 Å². The molecule has 3 nitrogen and oxygen atoms in total. The van der Waals surface area contributed by atoms with Crippen molar-refractivity contribution in [3.8, 4) is 0 Å². The van der Waals surface area contributed by atoms with Gasteiger partial charge in [-0.1, -0.05) is 0 Å². The Morgan fingerprint density at radius 1 is 1.33 bits per heavy atom. The Hall–Kier alpha value is -0.120. The molecule has 0 unspecified atom stereocenters. The largest absolute Gasteiger partial charge is 0.374 e. The van der Waals surface area contributed by atoms with E-state index in [4.69, 9.17) is 9.47 Å². The van der Waals surface area contributed by atoms with E-state index in [2.05, 4.69) is 25.7 Å². The normalized spacial score (nSPS) is 33.0. The van der Waals surface area contributed by atoms with E-state index < -0.39 is 0 Å². The molecule has 2 aliphatic heterocycles. The highest BCUT2D eigenvalue weighted by Gasteiger charge is 2.36. The summed E-state index contributed by atoms with van der Waals surface area (Å²) >= 11 is 0. The molecule has 0 aromatic heterocycles. The predicted octanol–water partition coefficient (Wildman–Crippen LogP) is 2.01. The van der Waals surface area contributed by atoms with Crippen molar-refractivity contribution in [2.24, 2.45) is 0 Å². The maximum absolute atomic E-state index is 5.87. The zero-order valence-corrected chi connectivity index (χ0v) is 10.2. The van der Waals surface area contributed by atoms with Crippen molar-refractivity contribution in [1.82, 2.24) is 4.90 Å². The summed E-state index contributed by atoms with van der Waals surface area (Å²) in [6, 6.07) is 0.578. The summed E-state index contributed by atoms with van der Waals surface area (Å²) in [7, 11) is 0. The number of nitrogens with zero attached hydrogens (tertiary/aromatic N) is 1. The Morgan fingerprint density at radius 2 is 2.13 bits per heavy atom. The fraction of sp³-hybridized carbons (Fsp3) is 1.00. The lowest BCUT2D eigenvalue weighted by Gasteiger charge is -2.34. The van der Waals surface area contributed by atoms with E-state index in [9.17, 15) is 0 Å². The van der Waals surface area contributed by atoms with Gasteiger partial charge in [0.25, 0.3) is 0 Å². The fourth-order valence-corrected chi connectivity index (χ4v) is 2.40. The van der Waals surface area contributed by atoms with Gasteiger partial charge in [0.1, 0.15) is 6.23 Å². The van der Waals surface area contributed by atoms with Crippen molar-refractivity contribution in [1.29, 1.82) is 0 Å². The van der Waals surface area contributed by atoms with Crippen molar-refractivity contribution in [2.45, 2.75) is 57.9 Å². The molecule has 2 saturated heterocycles. The van der Waals surface area contributed by atoms with Crippen molar-refractivity contribution in [2.75, 3.05) is 19.8 Å². The number of hydrogen-bond acceptors (Lipinski definition) is 3. The molecule has 2 fully saturated rings. The van der Waals surface area contributed by atoms with Gasteiger partial charge in [-0.25, -0.2) is 0 Å². The van der Waals surface area contributed by atoms with Gasteiger partial charge in [0, 0.05) is 19.2 Å². The van der Waals surface area contributed by atoms with Crippen LogP contribution >= 0.6 is 0 Å². The molecule has 0 amide bonds. The van der Waals surface area contributed by atoms with Crippen LogP contribution in [0.3, 0.4) is 0 Å². The van der Waals surface area contributed by atoms with Crippen LogP contribution in [0.4, 0.5) is 0 Å². The molecule has 0 radical (unpaired) electrons. The summed E-state index contributed by atoms with van der Waals surface area (Å²) in [5.74, 6) is 0. The SMILES string of the molecule is CC(C)(C)OC[C@@H]1CC[C@H]2OCCCN12. The summed E-state index contributed by atoms with van der Waals surface area (Å²) < 4.78 is 11.6. The third-order valence-corrected chi connectivity index (χ3v) is 3.17. The van der Waals surface area contributed by atoms with Crippen LogP contribution in [0.25, 0.3) is 0 Å². The van der Waals surface area contributed by atoms with E-state index in [-0.39, 0.29) is 5.60 Å². The molecule has 0 spiro atoms. The van der Waals surface area contributed by atoms with E-state index in [1.807, 2.05) is 0 Å². The molecule has 15 heavy (non-hydrogen) atoms. The fourth-order valence-electron chi connectivity index (χ4n) is 2.40. The van der Waals surface area contributed by atoms with E-state index in [0.717, 1.165) is 13.2 Å². The monoisotopic (exact) mass is 213 g/mol. The molecular formula is C12H23NO2. The molecule has 2 aliphatic rings. The topological polar surface area (TPSA) is 21.7 Å². The Labute approximate surface area is 92.7 Å². The Bertz CT molecular complexity index is 212. The Balaban J connectivity index is 1.83. The smallest absolute Gasteiger partial charge is 0.110 e. The second-order valence-corrected chi connectivity index (χ2v) is 5.57. The van der Waals surface area contributed by atoms with Crippen molar-refractivity contribution in [3.05, 3.63) is 0 Å². The van der Waals surface area contributed by atoms with Gasteiger partial charge in [-0.2, -0.15) is 0 Å². The second-order valence-electron chi connectivity index (χ2n) is 5.57. The lowest BCUT2D eigenvalue weighted by molar-refractivity contribution is -0.104. The lowest BCUT2D eigenvalue weighted by Crippen LogP contribution is -2.45. The van der Waals surface area contributed by atoms with Crippen LogP contribution in [0.5, 0.6) is 0 Å². The second kappa shape index (κ2) is 4.40. The number of rotatable bonds is 2. The van der Waals surface area contributed by atoms with Gasteiger partial charge in [0.05, 0.1) is 12.2 Å². The van der Waals surface area contributed by atoms with E-state index >= 15 is 0 Å². The zero-order valence-electron chi connectivity index (χ0n) is 10.2. The van der Waals surface area contributed by atoms with Crippen molar-refractivity contribution >= 4 is 0 Å². The number of fused-ring (bicyclic) bond motifs is 1. The average Bonchev–Trinajstić information content (AvgIpc) is 2.57. The van der Waals surface area contributed by atoms with Gasteiger partial charge in [0.2, 0.25) is 0 Å². The van der Waals surface area contributed by atoms with E-state index in [1.165, 1.54) is 25.8 Å². The average molecular weight is 213 g/mol. The maximum Gasteiger partial charge on any atom is 0.110 e. The molecule has 0 aromatic carbocycles. The third kappa shape index (κ3) is 2.92. The minimum Gasteiger partial charge on any atom is -0.374 e. The molecular weight excluding hydrogens is 190 g/mol. The first kappa shape index (κ1) is 11.4.